The Labute approximate surface area is 165 Å². The Balaban J connectivity index is 1.26. The Morgan fingerprint density at radius 3 is 2.89 bits per heavy atom. The minimum absolute atomic E-state index is 0.0544. The van der Waals surface area contributed by atoms with Crippen LogP contribution in [0, 0.1) is 17.3 Å². The molecule has 4 rings (SSSR count). The third-order valence-electron chi connectivity index (χ3n) is 6.87. The average Bonchev–Trinajstić information content (AvgIpc) is 3.37. The molecule has 0 radical (unpaired) electrons. The molecule has 2 aliphatic heterocycles. The second kappa shape index (κ2) is 8.31. The number of nitrogens with zero attached hydrogens (tertiary/aromatic N) is 1. The number of hydrogen-bond donors (Lipinski definition) is 2. The molecule has 1 aromatic rings. The highest BCUT2D eigenvalue weighted by Crippen LogP contribution is 2.45. The predicted octanol–water partition coefficient (Wildman–Crippen LogP) is 2.43. The maximum absolute atomic E-state index is 13.3. The Morgan fingerprint density at radius 2 is 2.11 bits per heavy atom. The van der Waals surface area contributed by atoms with Crippen molar-refractivity contribution in [2.45, 2.75) is 44.9 Å². The zero-order chi connectivity index (χ0) is 18.7. The minimum Gasteiger partial charge on any atom is -0.355 e. The van der Waals surface area contributed by atoms with Crippen LogP contribution in [0.5, 0.6) is 0 Å². The number of hydrogen-bond acceptors (Lipinski definition) is 4. The van der Waals surface area contributed by atoms with Gasteiger partial charge >= 0.3 is 0 Å². The zero-order valence-corrected chi connectivity index (χ0v) is 16.9. The van der Waals surface area contributed by atoms with Crippen LogP contribution in [0.4, 0.5) is 0 Å². The molecule has 3 heterocycles. The first-order valence-corrected chi connectivity index (χ1v) is 11.4. The first-order valence-electron chi connectivity index (χ1n) is 10.5. The molecule has 27 heavy (non-hydrogen) atoms. The summed E-state index contributed by atoms with van der Waals surface area (Å²) in [6.45, 7) is 4.01. The quantitative estimate of drug-likeness (QED) is 0.813. The summed E-state index contributed by atoms with van der Waals surface area (Å²) >= 11 is 1.73. The fraction of sp³-hybridized carbons (Fsp3) is 0.714. The van der Waals surface area contributed by atoms with E-state index < -0.39 is 0 Å². The number of thiophene rings is 1. The highest BCUT2D eigenvalue weighted by molar-refractivity contribution is 7.09. The van der Waals surface area contributed by atoms with Gasteiger partial charge in [0.25, 0.3) is 0 Å². The van der Waals surface area contributed by atoms with Gasteiger partial charge < -0.3 is 15.5 Å². The molecule has 0 aromatic carbocycles. The van der Waals surface area contributed by atoms with Crippen molar-refractivity contribution in [2.24, 2.45) is 17.3 Å². The normalized spacial score (nSPS) is 28.7. The number of nitrogens with one attached hydrogen (secondary N) is 2. The molecule has 1 aliphatic carbocycles. The number of rotatable bonds is 5. The molecule has 3 aliphatic rings. The van der Waals surface area contributed by atoms with Gasteiger partial charge in [-0.15, -0.1) is 11.3 Å². The van der Waals surface area contributed by atoms with Crippen LogP contribution >= 0.6 is 11.3 Å². The van der Waals surface area contributed by atoms with Crippen LogP contribution in [0.3, 0.4) is 0 Å². The summed E-state index contributed by atoms with van der Waals surface area (Å²) in [6, 6.07) is 4.15. The molecule has 5 nitrogen and oxygen atoms in total. The summed E-state index contributed by atoms with van der Waals surface area (Å²) in [4.78, 5) is 29.2. The topological polar surface area (TPSA) is 61.4 Å². The van der Waals surface area contributed by atoms with Gasteiger partial charge in [0.1, 0.15) is 0 Å². The van der Waals surface area contributed by atoms with E-state index in [1.807, 2.05) is 6.07 Å². The maximum Gasteiger partial charge on any atom is 0.230 e. The summed E-state index contributed by atoms with van der Waals surface area (Å²) in [5.41, 5.74) is -0.159. The summed E-state index contributed by atoms with van der Waals surface area (Å²) in [5, 5.41) is 8.63. The van der Waals surface area contributed by atoms with Gasteiger partial charge in [-0.2, -0.15) is 0 Å². The van der Waals surface area contributed by atoms with Gasteiger partial charge in [-0.25, -0.2) is 0 Å². The fourth-order valence-electron chi connectivity index (χ4n) is 5.24. The van der Waals surface area contributed by atoms with E-state index in [-0.39, 0.29) is 17.2 Å². The lowest BCUT2D eigenvalue weighted by molar-refractivity contribution is -0.148. The molecular weight excluding hydrogens is 358 g/mol. The minimum atomic E-state index is -0.159. The van der Waals surface area contributed by atoms with Crippen LogP contribution < -0.4 is 10.6 Å². The van der Waals surface area contributed by atoms with E-state index in [1.54, 1.807) is 11.3 Å². The van der Waals surface area contributed by atoms with Crippen molar-refractivity contribution in [3.63, 3.8) is 0 Å². The summed E-state index contributed by atoms with van der Waals surface area (Å²) in [6.07, 6.45) is 7.14. The largest absolute Gasteiger partial charge is 0.355 e. The monoisotopic (exact) mass is 389 g/mol. The van der Waals surface area contributed by atoms with Crippen LogP contribution in [-0.4, -0.2) is 49.4 Å². The highest BCUT2D eigenvalue weighted by atomic mass is 32.1. The molecule has 2 atom stereocenters. The average molecular weight is 390 g/mol. The molecular formula is C21H31N3O2S. The van der Waals surface area contributed by atoms with E-state index in [1.165, 1.54) is 24.1 Å². The molecule has 3 fully saturated rings. The molecule has 6 heteroatoms. The molecule has 0 unspecified atom stereocenters. The fourth-order valence-corrected chi connectivity index (χ4v) is 5.95. The number of fused-ring (bicyclic) bond motifs is 1. The molecule has 0 spiro atoms. The summed E-state index contributed by atoms with van der Waals surface area (Å²) in [7, 11) is 0. The maximum atomic E-state index is 13.3. The zero-order valence-electron chi connectivity index (χ0n) is 16.0. The van der Waals surface area contributed by atoms with Crippen molar-refractivity contribution in [2.75, 3.05) is 32.7 Å². The van der Waals surface area contributed by atoms with E-state index in [0.717, 1.165) is 51.9 Å². The van der Waals surface area contributed by atoms with Crippen molar-refractivity contribution < 1.29 is 9.59 Å². The first kappa shape index (κ1) is 18.9. The van der Waals surface area contributed by atoms with Gasteiger partial charge in [-0.3, -0.25) is 9.59 Å². The molecule has 1 saturated carbocycles. The second-order valence-electron chi connectivity index (χ2n) is 8.42. The van der Waals surface area contributed by atoms with Crippen molar-refractivity contribution >= 4 is 23.2 Å². The van der Waals surface area contributed by atoms with Gasteiger partial charge in [0.05, 0.1) is 5.41 Å². The summed E-state index contributed by atoms with van der Waals surface area (Å²) < 4.78 is 0. The van der Waals surface area contributed by atoms with Gasteiger partial charge in [-0.05, 0) is 56.0 Å². The van der Waals surface area contributed by atoms with Crippen molar-refractivity contribution in [3.05, 3.63) is 22.4 Å². The lowest BCUT2D eigenvalue weighted by Crippen LogP contribution is -2.52. The van der Waals surface area contributed by atoms with Gasteiger partial charge in [0.15, 0.2) is 0 Å². The number of likely N-dealkylation sites (tertiary alicyclic amines) is 1. The van der Waals surface area contributed by atoms with Gasteiger partial charge in [0, 0.05) is 37.0 Å². The highest BCUT2D eigenvalue weighted by Gasteiger charge is 2.51. The number of carbonyl (C=O) groups is 2. The summed E-state index contributed by atoms with van der Waals surface area (Å²) in [5.74, 6) is 1.08. The van der Waals surface area contributed by atoms with Crippen LogP contribution in [0.1, 0.15) is 43.4 Å². The van der Waals surface area contributed by atoms with E-state index in [0.29, 0.717) is 18.4 Å². The number of carbonyl (C=O) groups excluding carboxylic acids is 2. The molecule has 2 amide bonds. The van der Waals surface area contributed by atoms with E-state index in [4.69, 9.17) is 0 Å². The lowest BCUT2D eigenvalue weighted by Gasteiger charge is -2.42. The Bertz CT molecular complexity index is 654. The van der Waals surface area contributed by atoms with Crippen molar-refractivity contribution in [3.8, 4) is 0 Å². The van der Waals surface area contributed by atoms with Crippen molar-refractivity contribution in [1.82, 2.24) is 15.5 Å². The number of amides is 2. The predicted molar refractivity (Wildman–Crippen MR) is 108 cm³/mol. The smallest absolute Gasteiger partial charge is 0.230 e. The molecule has 0 bridgehead atoms. The van der Waals surface area contributed by atoms with Crippen LogP contribution in [0.2, 0.25) is 0 Å². The van der Waals surface area contributed by atoms with E-state index in [2.05, 4.69) is 27.0 Å². The Kier molecular flexibility index (Phi) is 5.83. The van der Waals surface area contributed by atoms with Crippen molar-refractivity contribution in [1.29, 1.82) is 0 Å². The molecule has 148 valence electrons. The third kappa shape index (κ3) is 3.92. The third-order valence-corrected chi connectivity index (χ3v) is 7.80. The van der Waals surface area contributed by atoms with Crippen LogP contribution in [0.25, 0.3) is 0 Å². The number of piperidine rings is 1. The van der Waals surface area contributed by atoms with Crippen LogP contribution in [-0.2, 0) is 16.0 Å². The van der Waals surface area contributed by atoms with Gasteiger partial charge in [-0.1, -0.05) is 18.9 Å². The first-order chi connectivity index (χ1) is 13.2. The lowest BCUT2D eigenvalue weighted by atomic mass is 9.67. The second-order valence-corrected chi connectivity index (χ2v) is 9.45. The van der Waals surface area contributed by atoms with E-state index >= 15 is 0 Å². The molecule has 2 N–H and O–H groups in total. The molecule has 2 saturated heterocycles. The molecule has 1 aromatic heterocycles. The Hall–Kier alpha value is -1.40. The van der Waals surface area contributed by atoms with Crippen LogP contribution in [0.15, 0.2) is 17.5 Å². The standard InChI is InChI=1S/C21H31N3O2S/c25-19(23-10-6-18-5-3-13-27-18)16-7-11-24(12-8-16)20(26)21-9-2-1-4-17(21)14-22-15-21/h3,5,13,16-17,22H,1-2,4,6-12,14-15H2,(H,23,25)/t17-,21+/m0/s1. The van der Waals surface area contributed by atoms with Gasteiger partial charge in [0.2, 0.25) is 11.8 Å². The van der Waals surface area contributed by atoms with E-state index in [9.17, 15) is 9.59 Å². The Morgan fingerprint density at radius 1 is 1.26 bits per heavy atom. The SMILES string of the molecule is O=C(NCCc1cccs1)C1CCN(C(=O)[C@@]23CCCC[C@H]2CNC3)CC1.